The Morgan fingerprint density at radius 3 is 2.05 bits per heavy atom. The topological polar surface area (TPSA) is 104 Å². The van der Waals surface area contributed by atoms with Crippen LogP contribution in [0.25, 0.3) is 17.2 Å². The molecule has 2 N–H and O–H groups in total. The Morgan fingerprint density at radius 2 is 1.35 bits per heavy atom. The van der Waals surface area contributed by atoms with Crippen LogP contribution in [0.15, 0.2) is 120 Å². The van der Waals surface area contributed by atoms with Gasteiger partial charge >= 0.3 is 17.8 Å². The largest absolute Gasteiger partial charge is 0.481 e. The van der Waals surface area contributed by atoms with Crippen LogP contribution >= 0.6 is 0 Å². The average Bonchev–Trinajstić information content (AvgIpc) is 3.52. The molecule has 0 amide bonds. The molecule has 2 heterocycles. The zero-order chi connectivity index (χ0) is 29.8. The number of aromatic nitrogens is 1. The third-order valence-electron chi connectivity index (χ3n) is 7.19. The maximum atomic E-state index is 11.1. The SMILES string of the molecule is O=C(O)Cc1ccc(CN2/C(=C/C=C/c3oc4ccccc4[n+]3Cc3ccc(CC(=O)O)cc3)Oc3ccccc32)cc1. The Morgan fingerprint density at radius 1 is 0.744 bits per heavy atom. The van der Waals surface area contributed by atoms with Crippen LogP contribution in [0, 0.1) is 0 Å². The fourth-order valence-corrected chi connectivity index (χ4v) is 5.13. The Labute approximate surface area is 248 Å². The second kappa shape index (κ2) is 12.1. The van der Waals surface area contributed by atoms with E-state index in [0.29, 0.717) is 24.9 Å². The van der Waals surface area contributed by atoms with E-state index in [1.54, 1.807) is 0 Å². The van der Waals surface area contributed by atoms with Gasteiger partial charge in [-0.15, -0.1) is 0 Å². The summed E-state index contributed by atoms with van der Waals surface area (Å²) in [4.78, 5) is 24.2. The number of carboxylic acids is 2. The molecule has 0 saturated heterocycles. The molecule has 0 aliphatic carbocycles. The molecular weight excluding hydrogens is 544 g/mol. The van der Waals surface area contributed by atoms with Crippen molar-refractivity contribution < 1.29 is 33.5 Å². The van der Waals surface area contributed by atoms with Gasteiger partial charge in [0.25, 0.3) is 5.52 Å². The first-order chi connectivity index (χ1) is 20.9. The number of hydrogen-bond acceptors (Lipinski definition) is 5. The Bertz CT molecular complexity index is 1850. The first-order valence-corrected chi connectivity index (χ1v) is 13.9. The highest BCUT2D eigenvalue weighted by Crippen LogP contribution is 2.39. The standard InChI is InChI=1S/C35H28N2O6/c38-34(39)20-24-12-16-26(17-13-24)22-36-28-6-1-3-8-30(28)42-32(36)10-5-11-33-37(29-7-2-4-9-31(29)43-33)23-27-18-14-25(15-19-27)21-35(40)41/h1-19H,20-23H2,(H-,38,39,40,41)/p+1. The number of carbonyl (C=O) groups is 2. The van der Waals surface area contributed by atoms with Gasteiger partial charge in [0.2, 0.25) is 11.5 Å². The van der Waals surface area contributed by atoms with Crippen LogP contribution in [0.1, 0.15) is 28.1 Å². The van der Waals surface area contributed by atoms with Gasteiger partial charge in [0.05, 0.1) is 31.1 Å². The molecule has 4 aromatic carbocycles. The smallest absolute Gasteiger partial charge is 0.374 e. The van der Waals surface area contributed by atoms with Gasteiger partial charge in [-0.2, -0.15) is 4.57 Å². The summed E-state index contributed by atoms with van der Waals surface area (Å²) in [5, 5.41) is 18.2. The molecule has 0 saturated carbocycles. The number of benzene rings is 4. The predicted octanol–water partition coefficient (Wildman–Crippen LogP) is 5.98. The first-order valence-electron chi connectivity index (χ1n) is 13.9. The molecule has 0 unspecified atom stereocenters. The van der Waals surface area contributed by atoms with E-state index in [2.05, 4.69) is 9.47 Å². The highest BCUT2D eigenvalue weighted by molar-refractivity contribution is 5.71. The van der Waals surface area contributed by atoms with Crippen molar-refractivity contribution in [2.24, 2.45) is 0 Å². The second-order valence-corrected chi connectivity index (χ2v) is 10.3. The quantitative estimate of drug-likeness (QED) is 0.198. The lowest BCUT2D eigenvalue weighted by Gasteiger charge is -2.18. The lowest BCUT2D eigenvalue weighted by Crippen LogP contribution is -2.35. The molecule has 0 bridgehead atoms. The van der Waals surface area contributed by atoms with E-state index < -0.39 is 11.9 Å². The van der Waals surface area contributed by atoms with Crippen molar-refractivity contribution in [3.8, 4) is 5.75 Å². The number of anilines is 1. The Balaban J connectivity index is 1.27. The average molecular weight is 574 g/mol. The molecule has 1 aromatic heterocycles. The molecular formula is C35H29N2O6+. The van der Waals surface area contributed by atoms with E-state index in [4.69, 9.17) is 19.4 Å². The highest BCUT2D eigenvalue weighted by atomic mass is 16.5. The van der Waals surface area contributed by atoms with Crippen LogP contribution in [-0.2, 0) is 35.5 Å². The summed E-state index contributed by atoms with van der Waals surface area (Å²) in [5.74, 6) is 0.361. The van der Waals surface area contributed by atoms with Crippen molar-refractivity contribution in [2.45, 2.75) is 25.9 Å². The van der Waals surface area contributed by atoms with E-state index in [1.165, 1.54) is 0 Å². The van der Waals surface area contributed by atoms with Crippen molar-refractivity contribution in [3.63, 3.8) is 0 Å². The molecule has 0 spiro atoms. The van der Waals surface area contributed by atoms with Gasteiger partial charge in [-0.1, -0.05) is 72.8 Å². The van der Waals surface area contributed by atoms with E-state index in [9.17, 15) is 9.59 Å². The number of rotatable bonds is 10. The molecule has 1 aliphatic heterocycles. The fraction of sp³-hybridized carbons (Fsp3) is 0.114. The van der Waals surface area contributed by atoms with Gasteiger partial charge in [0.1, 0.15) is 0 Å². The monoisotopic (exact) mass is 573 g/mol. The van der Waals surface area contributed by atoms with E-state index in [1.807, 2.05) is 115 Å². The molecule has 214 valence electrons. The molecule has 43 heavy (non-hydrogen) atoms. The summed E-state index contributed by atoms with van der Waals surface area (Å²) >= 11 is 0. The van der Waals surface area contributed by atoms with Crippen LogP contribution in [-0.4, -0.2) is 22.2 Å². The molecule has 1 aliphatic rings. The molecule has 8 heteroatoms. The van der Waals surface area contributed by atoms with Crippen molar-refractivity contribution in [1.29, 1.82) is 0 Å². The molecule has 6 rings (SSSR count). The molecule has 0 radical (unpaired) electrons. The number of nitrogens with zero attached hydrogens (tertiary/aromatic N) is 2. The van der Waals surface area contributed by atoms with Crippen LogP contribution in [0.2, 0.25) is 0 Å². The number of aliphatic carboxylic acids is 2. The van der Waals surface area contributed by atoms with Crippen LogP contribution in [0.3, 0.4) is 0 Å². The zero-order valence-corrected chi connectivity index (χ0v) is 23.2. The van der Waals surface area contributed by atoms with E-state index in [-0.39, 0.29) is 12.8 Å². The lowest BCUT2D eigenvalue weighted by atomic mass is 10.1. The minimum Gasteiger partial charge on any atom is -0.481 e. The summed E-state index contributed by atoms with van der Waals surface area (Å²) in [6, 6.07) is 30.8. The molecule has 5 aromatic rings. The highest BCUT2D eigenvalue weighted by Gasteiger charge is 2.26. The summed E-state index contributed by atoms with van der Waals surface area (Å²) < 4.78 is 14.5. The summed E-state index contributed by atoms with van der Waals surface area (Å²) in [6.45, 7) is 1.10. The van der Waals surface area contributed by atoms with E-state index >= 15 is 0 Å². The first kappa shape index (κ1) is 27.5. The Hall–Kier alpha value is -5.63. The van der Waals surface area contributed by atoms with Gasteiger partial charge in [-0.25, -0.2) is 0 Å². The second-order valence-electron chi connectivity index (χ2n) is 10.3. The third kappa shape index (κ3) is 6.33. The van der Waals surface area contributed by atoms with Gasteiger partial charge < -0.3 is 24.3 Å². The van der Waals surface area contributed by atoms with Crippen LogP contribution < -0.4 is 14.2 Å². The maximum absolute atomic E-state index is 11.1. The number of para-hydroxylation sites is 4. The van der Waals surface area contributed by atoms with Crippen molar-refractivity contribution in [2.75, 3.05) is 4.90 Å². The van der Waals surface area contributed by atoms with Crippen LogP contribution in [0.4, 0.5) is 5.69 Å². The fourth-order valence-electron chi connectivity index (χ4n) is 5.13. The number of hydrogen-bond donors (Lipinski definition) is 2. The van der Waals surface area contributed by atoms with Crippen molar-refractivity contribution >= 4 is 34.8 Å². The van der Waals surface area contributed by atoms with E-state index in [0.717, 1.165) is 44.8 Å². The third-order valence-corrected chi connectivity index (χ3v) is 7.19. The number of carboxylic acid groups (broad SMARTS) is 2. The zero-order valence-electron chi connectivity index (χ0n) is 23.2. The minimum atomic E-state index is -0.856. The van der Waals surface area contributed by atoms with Gasteiger partial charge in [-0.05, 0) is 47.0 Å². The van der Waals surface area contributed by atoms with Crippen molar-refractivity contribution in [1.82, 2.24) is 0 Å². The number of oxazole rings is 1. The minimum absolute atomic E-state index is 0.0102. The van der Waals surface area contributed by atoms with Gasteiger partial charge in [0.15, 0.2) is 12.3 Å². The lowest BCUT2D eigenvalue weighted by molar-refractivity contribution is -0.669. The normalized spacial score (nSPS) is 13.5. The number of ether oxygens (including phenoxy) is 1. The number of allylic oxidation sites excluding steroid dienone is 2. The summed E-state index contributed by atoms with van der Waals surface area (Å²) in [5.41, 5.74) is 6.20. The van der Waals surface area contributed by atoms with Gasteiger partial charge in [0, 0.05) is 11.6 Å². The predicted molar refractivity (Wildman–Crippen MR) is 161 cm³/mol. The molecule has 0 fully saturated rings. The Kier molecular flexibility index (Phi) is 7.74. The van der Waals surface area contributed by atoms with Crippen molar-refractivity contribution in [3.05, 3.63) is 143 Å². The molecule has 0 atom stereocenters. The summed E-state index contributed by atoms with van der Waals surface area (Å²) in [7, 11) is 0. The number of fused-ring (bicyclic) bond motifs is 2. The molecule has 8 nitrogen and oxygen atoms in total. The van der Waals surface area contributed by atoms with Crippen LogP contribution in [0.5, 0.6) is 5.75 Å². The van der Waals surface area contributed by atoms with Gasteiger partial charge in [-0.3, -0.25) is 9.59 Å². The maximum Gasteiger partial charge on any atom is 0.374 e. The summed E-state index contributed by atoms with van der Waals surface area (Å²) in [6.07, 6.45) is 5.68.